The smallest absolute Gasteiger partial charge is 0.338 e. The highest BCUT2D eigenvalue weighted by Gasteiger charge is 2.35. The summed E-state index contributed by atoms with van der Waals surface area (Å²) < 4.78 is 24.0. The van der Waals surface area contributed by atoms with E-state index in [0.29, 0.717) is 49.2 Å². The van der Waals surface area contributed by atoms with Gasteiger partial charge in [0.1, 0.15) is 29.1 Å². The van der Waals surface area contributed by atoms with Crippen LogP contribution >= 0.6 is 11.3 Å². The monoisotopic (exact) mass is 574 g/mol. The highest BCUT2D eigenvalue weighted by Crippen LogP contribution is 2.37. The van der Waals surface area contributed by atoms with Crippen molar-refractivity contribution < 1.29 is 33.3 Å². The van der Waals surface area contributed by atoms with Crippen molar-refractivity contribution in [1.29, 1.82) is 0 Å². The molecule has 1 N–H and O–H groups in total. The lowest BCUT2D eigenvalue weighted by Crippen LogP contribution is -2.40. The Hall–Kier alpha value is -4.90. The van der Waals surface area contributed by atoms with Crippen LogP contribution in [0.4, 0.5) is 0 Å². The number of aromatic nitrogens is 1. The van der Waals surface area contributed by atoms with Crippen LogP contribution in [0.5, 0.6) is 11.5 Å². The van der Waals surface area contributed by atoms with Gasteiger partial charge in [0.25, 0.3) is 5.56 Å². The number of fused-ring (bicyclic) bond motifs is 1. The molecule has 210 valence electrons. The minimum atomic E-state index is -1.08. The molecule has 0 aliphatic carbocycles. The first-order valence-corrected chi connectivity index (χ1v) is 13.4. The van der Waals surface area contributed by atoms with Crippen molar-refractivity contribution >= 4 is 29.4 Å². The lowest BCUT2D eigenvalue weighted by atomic mass is 9.95. The summed E-state index contributed by atoms with van der Waals surface area (Å²) in [6, 6.07) is 14.1. The number of carboxylic acid groups (broad SMARTS) is 1. The van der Waals surface area contributed by atoms with Crippen LogP contribution in [0.15, 0.2) is 80.1 Å². The molecule has 1 unspecified atom stereocenters. The van der Waals surface area contributed by atoms with Crippen molar-refractivity contribution in [2.75, 3.05) is 20.8 Å². The number of benzene rings is 2. The van der Waals surface area contributed by atoms with Crippen LogP contribution in [0.2, 0.25) is 0 Å². The van der Waals surface area contributed by atoms with Crippen LogP contribution in [0.3, 0.4) is 0 Å². The Morgan fingerprint density at radius 3 is 2.61 bits per heavy atom. The minimum Gasteiger partial charge on any atom is -0.497 e. The third-order valence-corrected chi connectivity index (χ3v) is 7.56. The van der Waals surface area contributed by atoms with Crippen molar-refractivity contribution in [3.05, 3.63) is 102 Å². The van der Waals surface area contributed by atoms with Crippen molar-refractivity contribution in [3.8, 4) is 22.8 Å². The maximum atomic E-state index is 13.9. The molecule has 3 heterocycles. The van der Waals surface area contributed by atoms with E-state index in [2.05, 4.69) is 4.99 Å². The number of esters is 1. The van der Waals surface area contributed by atoms with Gasteiger partial charge in [-0.25, -0.2) is 14.6 Å². The highest BCUT2D eigenvalue weighted by molar-refractivity contribution is 7.07. The highest BCUT2D eigenvalue weighted by atomic mass is 32.1. The molecule has 0 saturated heterocycles. The van der Waals surface area contributed by atoms with Crippen LogP contribution in [-0.2, 0) is 9.53 Å². The summed E-state index contributed by atoms with van der Waals surface area (Å²) in [4.78, 5) is 43.7. The second-order valence-corrected chi connectivity index (χ2v) is 9.97. The first-order valence-electron chi connectivity index (χ1n) is 12.6. The summed E-state index contributed by atoms with van der Waals surface area (Å²) >= 11 is 1.14. The van der Waals surface area contributed by atoms with Crippen molar-refractivity contribution in [2.45, 2.75) is 19.9 Å². The minimum absolute atomic E-state index is 0.100. The lowest BCUT2D eigenvalue weighted by Gasteiger charge is -2.26. The van der Waals surface area contributed by atoms with E-state index in [4.69, 9.17) is 18.6 Å². The first-order chi connectivity index (χ1) is 19.8. The molecule has 0 radical (unpaired) electrons. The standard InChI is InChI=1S/C30H26N2O8S/c1-5-39-29(36)25-16(2)31-30-32(26(25)21-12-10-17(37-3)14-23(21)38-4)27(33)24(41-30)15-18-11-13-22(40-18)19-8-6-7-9-20(19)28(34)35/h6-15,26H,5H2,1-4H3,(H,34,35)/b24-15-. The van der Waals surface area contributed by atoms with Gasteiger partial charge in [-0.15, -0.1) is 0 Å². The van der Waals surface area contributed by atoms with Gasteiger partial charge in [-0.3, -0.25) is 9.36 Å². The molecule has 0 spiro atoms. The summed E-state index contributed by atoms with van der Waals surface area (Å²) in [6.45, 7) is 3.56. The SMILES string of the molecule is CCOC(=O)C1=C(C)N=c2s/c(=C\c3ccc(-c4ccccc4C(=O)O)o3)c(=O)n2C1c1ccc(OC)cc1OC. The Bertz CT molecular complexity index is 1880. The van der Waals surface area contributed by atoms with Gasteiger partial charge < -0.3 is 23.7 Å². The molecule has 1 aliphatic rings. The molecular weight excluding hydrogens is 548 g/mol. The third kappa shape index (κ3) is 5.07. The number of thiazole rings is 1. The van der Waals surface area contributed by atoms with Crippen molar-refractivity contribution in [3.63, 3.8) is 0 Å². The van der Waals surface area contributed by atoms with E-state index < -0.39 is 23.5 Å². The summed E-state index contributed by atoms with van der Waals surface area (Å²) in [7, 11) is 3.03. The summed E-state index contributed by atoms with van der Waals surface area (Å²) in [5.41, 5.74) is 1.33. The Balaban J connectivity index is 1.67. The zero-order valence-electron chi connectivity index (χ0n) is 22.7. The quantitative estimate of drug-likeness (QED) is 0.315. The van der Waals surface area contributed by atoms with Crippen LogP contribution in [0.1, 0.15) is 41.6 Å². The van der Waals surface area contributed by atoms with Gasteiger partial charge >= 0.3 is 11.9 Å². The van der Waals surface area contributed by atoms with E-state index in [1.807, 2.05) is 0 Å². The van der Waals surface area contributed by atoms with Gasteiger partial charge in [-0.1, -0.05) is 29.5 Å². The van der Waals surface area contributed by atoms with Crippen LogP contribution in [-0.4, -0.2) is 42.4 Å². The number of hydrogen-bond donors (Lipinski definition) is 1. The van der Waals surface area contributed by atoms with E-state index in [-0.39, 0.29) is 17.7 Å². The molecule has 0 fully saturated rings. The predicted octanol–water partition coefficient (Wildman–Crippen LogP) is 3.77. The normalized spacial score (nSPS) is 14.8. The number of aromatic carboxylic acids is 1. The van der Waals surface area contributed by atoms with E-state index >= 15 is 0 Å². The number of ether oxygens (including phenoxy) is 3. The Morgan fingerprint density at radius 1 is 1.12 bits per heavy atom. The molecule has 11 heteroatoms. The largest absolute Gasteiger partial charge is 0.497 e. The number of carboxylic acids is 1. The molecule has 4 aromatic rings. The van der Waals surface area contributed by atoms with E-state index in [9.17, 15) is 19.5 Å². The van der Waals surface area contributed by atoms with Gasteiger partial charge in [0, 0.05) is 23.3 Å². The van der Waals surface area contributed by atoms with Crippen LogP contribution < -0.4 is 24.4 Å². The fraction of sp³-hybridized carbons (Fsp3) is 0.200. The summed E-state index contributed by atoms with van der Waals surface area (Å²) in [5.74, 6) is 0.0173. The number of rotatable bonds is 8. The second-order valence-electron chi connectivity index (χ2n) is 8.96. The fourth-order valence-electron chi connectivity index (χ4n) is 4.72. The fourth-order valence-corrected chi connectivity index (χ4v) is 5.75. The molecule has 1 atom stereocenters. The zero-order valence-corrected chi connectivity index (χ0v) is 23.5. The lowest BCUT2D eigenvalue weighted by molar-refractivity contribution is -0.139. The van der Waals surface area contributed by atoms with E-state index in [0.717, 1.165) is 11.3 Å². The Labute approximate surface area is 238 Å². The molecule has 1 aliphatic heterocycles. The summed E-state index contributed by atoms with van der Waals surface area (Å²) in [5, 5.41) is 9.54. The zero-order chi connectivity index (χ0) is 29.3. The Morgan fingerprint density at radius 2 is 1.90 bits per heavy atom. The van der Waals surface area contributed by atoms with Crippen LogP contribution in [0, 0.1) is 0 Å². The van der Waals surface area contributed by atoms with Gasteiger partial charge in [0.2, 0.25) is 0 Å². The predicted molar refractivity (Wildman–Crippen MR) is 151 cm³/mol. The summed E-state index contributed by atoms with van der Waals surface area (Å²) in [6.07, 6.45) is 1.57. The molecule has 2 aromatic heterocycles. The number of methoxy groups -OCH3 is 2. The molecular formula is C30H26N2O8S. The maximum absolute atomic E-state index is 13.9. The number of carbonyl (C=O) groups excluding carboxylic acids is 1. The Kier molecular flexibility index (Phi) is 7.62. The molecule has 41 heavy (non-hydrogen) atoms. The average Bonchev–Trinajstić information content (AvgIpc) is 3.56. The number of furan rings is 1. The van der Waals surface area contributed by atoms with Crippen molar-refractivity contribution in [1.82, 2.24) is 4.57 Å². The number of hydrogen-bond acceptors (Lipinski definition) is 9. The van der Waals surface area contributed by atoms with Gasteiger partial charge in [-0.05, 0) is 44.2 Å². The third-order valence-electron chi connectivity index (χ3n) is 6.58. The second kappa shape index (κ2) is 11.3. The number of carbonyl (C=O) groups is 2. The average molecular weight is 575 g/mol. The number of nitrogens with zero attached hydrogens (tertiary/aromatic N) is 2. The maximum Gasteiger partial charge on any atom is 0.338 e. The molecule has 2 aromatic carbocycles. The van der Waals surface area contributed by atoms with Gasteiger partial charge in [0.15, 0.2) is 4.80 Å². The molecule has 0 bridgehead atoms. The van der Waals surface area contributed by atoms with E-state index in [1.165, 1.54) is 24.9 Å². The molecule has 5 rings (SSSR count). The molecule has 10 nitrogen and oxygen atoms in total. The van der Waals surface area contributed by atoms with Gasteiger partial charge in [-0.2, -0.15) is 0 Å². The topological polar surface area (TPSA) is 130 Å². The molecule has 0 amide bonds. The first kappa shape index (κ1) is 27.7. The number of allylic oxidation sites excluding steroid dienone is 1. The van der Waals surface area contributed by atoms with Gasteiger partial charge in [0.05, 0.1) is 42.2 Å². The van der Waals surface area contributed by atoms with E-state index in [1.54, 1.807) is 68.5 Å². The van der Waals surface area contributed by atoms with Crippen LogP contribution in [0.25, 0.3) is 17.4 Å². The molecule has 0 saturated carbocycles. The van der Waals surface area contributed by atoms with Crippen molar-refractivity contribution in [2.24, 2.45) is 4.99 Å².